The van der Waals surface area contributed by atoms with Gasteiger partial charge < -0.3 is 15.4 Å². The number of benzene rings is 2. The molecule has 4 nitrogen and oxygen atoms in total. The normalized spacial score (nSPS) is 10.2. The zero-order valence-electron chi connectivity index (χ0n) is 12.2. The topological polar surface area (TPSA) is 50.4 Å². The van der Waals surface area contributed by atoms with Crippen molar-refractivity contribution in [2.45, 2.75) is 13.8 Å². The van der Waals surface area contributed by atoms with Gasteiger partial charge in [0.25, 0.3) is 0 Å². The van der Waals surface area contributed by atoms with Crippen molar-refractivity contribution in [3.63, 3.8) is 0 Å². The molecule has 6 heteroatoms. The Morgan fingerprint density at radius 2 is 1.82 bits per heavy atom. The molecule has 0 aliphatic rings. The Balaban J connectivity index is 1.84. The van der Waals surface area contributed by atoms with Crippen LogP contribution < -0.4 is 15.4 Å². The van der Waals surface area contributed by atoms with Gasteiger partial charge in [-0.2, -0.15) is 0 Å². The van der Waals surface area contributed by atoms with Gasteiger partial charge in [-0.05, 0) is 55.3 Å². The molecule has 0 radical (unpaired) electrons. The summed E-state index contributed by atoms with van der Waals surface area (Å²) in [6, 6.07) is 10.2. The minimum atomic E-state index is -0.371. The Kier molecular flexibility index (Phi) is 5.52. The first-order chi connectivity index (χ1) is 10.5. The van der Waals surface area contributed by atoms with Crippen molar-refractivity contribution in [1.82, 2.24) is 5.32 Å². The number of hydrogen-bond acceptors (Lipinski definition) is 2. The molecule has 0 saturated heterocycles. The van der Waals surface area contributed by atoms with E-state index in [0.29, 0.717) is 16.5 Å². The number of hydrogen-bond donors (Lipinski definition) is 2. The number of rotatable bonds is 4. The molecule has 2 N–H and O–H groups in total. The second-order valence-corrected chi connectivity index (χ2v) is 5.62. The predicted octanol–water partition coefficient (Wildman–Crippen LogP) is 4.77. The van der Waals surface area contributed by atoms with Crippen LogP contribution in [0.15, 0.2) is 36.4 Å². The van der Waals surface area contributed by atoms with Crippen molar-refractivity contribution >= 4 is 34.9 Å². The molecule has 0 aliphatic carbocycles. The highest BCUT2D eigenvalue weighted by Gasteiger charge is 2.05. The fourth-order valence-electron chi connectivity index (χ4n) is 1.92. The van der Waals surface area contributed by atoms with Crippen molar-refractivity contribution in [3.05, 3.63) is 57.6 Å². The molecule has 0 fully saturated rings. The average Bonchev–Trinajstić information content (AvgIpc) is 2.44. The molecule has 2 rings (SSSR count). The highest BCUT2D eigenvalue weighted by atomic mass is 35.5. The van der Waals surface area contributed by atoms with Gasteiger partial charge in [-0.15, -0.1) is 0 Å². The van der Waals surface area contributed by atoms with Crippen molar-refractivity contribution in [2.24, 2.45) is 0 Å². The molecule has 0 aromatic heterocycles. The number of aryl methyl sites for hydroxylation is 2. The lowest BCUT2D eigenvalue weighted by Crippen LogP contribution is -2.32. The van der Waals surface area contributed by atoms with Crippen molar-refractivity contribution in [3.8, 4) is 5.75 Å². The Morgan fingerprint density at radius 1 is 1.14 bits per heavy atom. The van der Waals surface area contributed by atoms with Crippen LogP contribution in [0.1, 0.15) is 11.1 Å². The van der Waals surface area contributed by atoms with Crippen molar-refractivity contribution in [2.75, 3.05) is 12.0 Å². The highest BCUT2D eigenvalue weighted by molar-refractivity contribution is 6.32. The predicted molar refractivity (Wildman–Crippen MR) is 90.0 cm³/mol. The number of halogens is 2. The van der Waals surface area contributed by atoms with E-state index in [9.17, 15) is 4.79 Å². The summed E-state index contributed by atoms with van der Waals surface area (Å²) in [6.07, 6.45) is 0. The third kappa shape index (κ3) is 4.55. The summed E-state index contributed by atoms with van der Waals surface area (Å²) >= 11 is 11.9. The molecule has 0 aliphatic heterocycles. The van der Waals surface area contributed by atoms with Crippen molar-refractivity contribution in [1.29, 1.82) is 0 Å². The minimum Gasteiger partial charge on any atom is -0.473 e. The van der Waals surface area contributed by atoms with Crippen LogP contribution in [-0.2, 0) is 0 Å². The largest absolute Gasteiger partial charge is 0.473 e. The van der Waals surface area contributed by atoms with E-state index in [1.165, 1.54) is 0 Å². The molecule has 0 heterocycles. The molecule has 0 atom stereocenters. The number of amides is 2. The van der Waals surface area contributed by atoms with Gasteiger partial charge in [0.05, 0.1) is 0 Å². The summed E-state index contributed by atoms with van der Waals surface area (Å²) in [6.45, 7) is 3.86. The van der Waals surface area contributed by atoms with Gasteiger partial charge in [0.15, 0.2) is 6.73 Å². The average molecular weight is 339 g/mol. The molecule has 0 unspecified atom stereocenters. The number of anilines is 1. The van der Waals surface area contributed by atoms with Crippen LogP contribution in [0, 0.1) is 13.8 Å². The molecular formula is C16H16Cl2N2O2. The Hall–Kier alpha value is -1.91. The summed E-state index contributed by atoms with van der Waals surface area (Å²) in [5.41, 5.74) is 2.48. The molecule has 22 heavy (non-hydrogen) atoms. The van der Waals surface area contributed by atoms with Gasteiger partial charge >= 0.3 is 6.03 Å². The van der Waals surface area contributed by atoms with E-state index in [0.717, 1.165) is 16.1 Å². The zero-order chi connectivity index (χ0) is 16.1. The SMILES string of the molecule is Cc1cc(OCNC(=O)Nc2cccc(Cl)c2)cc(C)c1Cl. The van der Waals surface area contributed by atoms with Crippen molar-refractivity contribution < 1.29 is 9.53 Å². The van der Waals surface area contributed by atoms with Gasteiger partial charge in [-0.3, -0.25) is 0 Å². The standard InChI is InChI=1S/C16H16Cl2N2O2/c1-10-6-14(7-11(2)15(10)18)22-9-19-16(21)20-13-5-3-4-12(17)8-13/h3-8H,9H2,1-2H3,(H2,19,20,21). The monoisotopic (exact) mass is 338 g/mol. The van der Waals surface area contributed by atoms with Crippen LogP contribution in [0.4, 0.5) is 10.5 Å². The lowest BCUT2D eigenvalue weighted by atomic mass is 10.1. The third-order valence-corrected chi connectivity index (χ3v) is 3.80. The number of urea groups is 1. The molecule has 0 saturated carbocycles. The van der Waals surface area contributed by atoms with E-state index in [2.05, 4.69) is 10.6 Å². The van der Waals surface area contributed by atoms with Crippen LogP contribution >= 0.6 is 23.2 Å². The summed E-state index contributed by atoms with van der Waals surface area (Å²) in [4.78, 5) is 11.7. The summed E-state index contributed by atoms with van der Waals surface area (Å²) in [7, 11) is 0. The van der Waals surface area contributed by atoms with Crippen LogP contribution in [0.3, 0.4) is 0 Å². The second kappa shape index (κ2) is 7.38. The summed E-state index contributed by atoms with van der Waals surface area (Å²) < 4.78 is 5.50. The van der Waals surface area contributed by atoms with E-state index >= 15 is 0 Å². The molecule has 2 aromatic carbocycles. The molecule has 2 amide bonds. The maximum Gasteiger partial charge on any atom is 0.321 e. The van der Waals surface area contributed by atoms with E-state index < -0.39 is 0 Å². The molecule has 0 spiro atoms. The number of carbonyl (C=O) groups is 1. The third-order valence-electron chi connectivity index (χ3n) is 2.96. The fourth-order valence-corrected chi connectivity index (χ4v) is 2.22. The molecular weight excluding hydrogens is 323 g/mol. The Morgan fingerprint density at radius 3 is 2.45 bits per heavy atom. The molecule has 0 bridgehead atoms. The van der Waals surface area contributed by atoms with E-state index in [4.69, 9.17) is 27.9 Å². The van der Waals surface area contributed by atoms with E-state index in [1.807, 2.05) is 26.0 Å². The first-order valence-electron chi connectivity index (χ1n) is 6.65. The highest BCUT2D eigenvalue weighted by Crippen LogP contribution is 2.25. The number of ether oxygens (including phenoxy) is 1. The molecule has 2 aromatic rings. The van der Waals surface area contributed by atoms with Crippen LogP contribution in [0.2, 0.25) is 10.0 Å². The molecule has 116 valence electrons. The van der Waals surface area contributed by atoms with Gasteiger partial charge in [0.1, 0.15) is 5.75 Å². The van der Waals surface area contributed by atoms with Crippen LogP contribution in [-0.4, -0.2) is 12.8 Å². The first-order valence-corrected chi connectivity index (χ1v) is 7.41. The van der Waals surface area contributed by atoms with E-state index in [1.54, 1.807) is 24.3 Å². The van der Waals surface area contributed by atoms with Crippen LogP contribution in [0.25, 0.3) is 0 Å². The van der Waals surface area contributed by atoms with E-state index in [-0.39, 0.29) is 12.8 Å². The van der Waals surface area contributed by atoms with Crippen LogP contribution in [0.5, 0.6) is 5.75 Å². The zero-order valence-corrected chi connectivity index (χ0v) is 13.8. The minimum absolute atomic E-state index is 0.0485. The maximum atomic E-state index is 11.7. The van der Waals surface area contributed by atoms with Gasteiger partial charge in [-0.1, -0.05) is 29.3 Å². The quantitative estimate of drug-likeness (QED) is 0.789. The summed E-state index contributed by atoms with van der Waals surface area (Å²) in [5.74, 6) is 0.655. The lowest BCUT2D eigenvalue weighted by molar-refractivity contribution is 0.234. The Bertz CT molecular complexity index is 667. The number of nitrogens with one attached hydrogen (secondary N) is 2. The second-order valence-electron chi connectivity index (χ2n) is 4.80. The fraction of sp³-hybridized carbons (Fsp3) is 0.188. The first kappa shape index (κ1) is 16.5. The lowest BCUT2D eigenvalue weighted by Gasteiger charge is -2.11. The van der Waals surface area contributed by atoms with Gasteiger partial charge in [0.2, 0.25) is 0 Å². The summed E-state index contributed by atoms with van der Waals surface area (Å²) in [5, 5.41) is 6.55. The number of carbonyl (C=O) groups excluding carboxylic acids is 1. The Labute approximate surface area is 139 Å². The maximum absolute atomic E-state index is 11.7. The van der Waals surface area contributed by atoms with Gasteiger partial charge in [0, 0.05) is 15.7 Å². The van der Waals surface area contributed by atoms with Gasteiger partial charge in [-0.25, -0.2) is 4.79 Å². The smallest absolute Gasteiger partial charge is 0.321 e.